The first kappa shape index (κ1) is 18.4. The van der Waals surface area contributed by atoms with Crippen LogP contribution in [0.4, 0.5) is 4.39 Å². The Balaban J connectivity index is 1.81. The summed E-state index contributed by atoms with van der Waals surface area (Å²) in [6.45, 7) is 4.18. The molecular formula is C19H21FN2O3S. The monoisotopic (exact) mass is 376 g/mol. The van der Waals surface area contributed by atoms with E-state index in [2.05, 4.69) is 15.8 Å². The number of benzene rings is 2. The number of aromatic nitrogens is 1. The van der Waals surface area contributed by atoms with Crippen molar-refractivity contribution in [2.45, 2.75) is 25.2 Å². The largest absolute Gasteiger partial charge is 0.495 e. The van der Waals surface area contributed by atoms with Crippen LogP contribution in [0.1, 0.15) is 16.8 Å². The summed E-state index contributed by atoms with van der Waals surface area (Å²) in [5.41, 5.74) is 4.24. The highest BCUT2D eigenvalue weighted by molar-refractivity contribution is 7.89. The van der Waals surface area contributed by atoms with Gasteiger partial charge in [0.05, 0.1) is 7.11 Å². The van der Waals surface area contributed by atoms with Crippen molar-refractivity contribution >= 4 is 20.9 Å². The van der Waals surface area contributed by atoms with E-state index in [9.17, 15) is 12.8 Å². The van der Waals surface area contributed by atoms with Crippen LogP contribution in [0.25, 0.3) is 10.9 Å². The zero-order chi connectivity index (χ0) is 18.9. The number of hydrogen-bond acceptors (Lipinski definition) is 3. The van der Waals surface area contributed by atoms with Crippen LogP contribution in [-0.2, 0) is 16.4 Å². The molecule has 138 valence electrons. The lowest BCUT2D eigenvalue weighted by molar-refractivity contribution is 0.400. The molecule has 0 aliphatic rings. The highest BCUT2D eigenvalue weighted by Crippen LogP contribution is 2.25. The Morgan fingerprint density at radius 1 is 1.15 bits per heavy atom. The highest BCUT2D eigenvalue weighted by atomic mass is 32.2. The van der Waals surface area contributed by atoms with Crippen LogP contribution in [0.2, 0.25) is 0 Å². The van der Waals surface area contributed by atoms with Gasteiger partial charge in [0.15, 0.2) is 0 Å². The highest BCUT2D eigenvalue weighted by Gasteiger charge is 2.20. The Hall–Kier alpha value is -2.38. The van der Waals surface area contributed by atoms with Crippen molar-refractivity contribution in [1.82, 2.24) is 9.71 Å². The number of aromatic amines is 1. The van der Waals surface area contributed by atoms with Crippen molar-refractivity contribution < 1.29 is 17.5 Å². The molecule has 0 aliphatic carbocycles. The normalized spacial score (nSPS) is 11.8. The zero-order valence-corrected chi connectivity index (χ0v) is 15.7. The van der Waals surface area contributed by atoms with Crippen LogP contribution in [-0.4, -0.2) is 27.1 Å². The van der Waals surface area contributed by atoms with Gasteiger partial charge in [-0.05, 0) is 56.2 Å². The molecule has 0 spiro atoms. The van der Waals surface area contributed by atoms with E-state index in [0.29, 0.717) is 6.42 Å². The summed E-state index contributed by atoms with van der Waals surface area (Å²) >= 11 is 0. The molecule has 1 aromatic heterocycles. The molecular weight excluding hydrogens is 355 g/mol. The first-order valence-electron chi connectivity index (χ1n) is 8.23. The molecule has 26 heavy (non-hydrogen) atoms. The minimum Gasteiger partial charge on any atom is -0.495 e. The Morgan fingerprint density at radius 3 is 2.65 bits per heavy atom. The summed E-state index contributed by atoms with van der Waals surface area (Å²) < 4.78 is 46.1. The third-order valence-electron chi connectivity index (χ3n) is 4.36. The molecule has 0 saturated heterocycles. The molecule has 0 unspecified atom stereocenters. The molecule has 7 heteroatoms. The molecule has 5 nitrogen and oxygen atoms in total. The predicted molar refractivity (Wildman–Crippen MR) is 99.6 cm³/mol. The number of aryl methyl sites for hydroxylation is 2. The molecule has 1 heterocycles. The Bertz CT molecular complexity index is 1060. The van der Waals surface area contributed by atoms with Crippen molar-refractivity contribution in [2.75, 3.05) is 13.7 Å². The SMILES string of the molecule is COc1ccc(F)cc1S(=O)(=O)NCCc1c(C)[nH]c2ccc(C)cc12. The molecule has 2 N–H and O–H groups in total. The fourth-order valence-corrected chi connectivity index (χ4v) is 4.28. The van der Waals surface area contributed by atoms with E-state index in [1.807, 2.05) is 26.0 Å². The second-order valence-electron chi connectivity index (χ2n) is 6.22. The third kappa shape index (κ3) is 3.59. The van der Waals surface area contributed by atoms with Crippen LogP contribution >= 0.6 is 0 Å². The van der Waals surface area contributed by atoms with Gasteiger partial charge >= 0.3 is 0 Å². The molecule has 0 fully saturated rings. The van der Waals surface area contributed by atoms with E-state index < -0.39 is 15.8 Å². The summed E-state index contributed by atoms with van der Waals surface area (Å²) in [7, 11) is -2.53. The van der Waals surface area contributed by atoms with Gasteiger partial charge in [0, 0.05) is 23.1 Å². The maximum Gasteiger partial charge on any atom is 0.244 e. The third-order valence-corrected chi connectivity index (χ3v) is 5.84. The van der Waals surface area contributed by atoms with Crippen LogP contribution in [0.5, 0.6) is 5.75 Å². The molecule has 0 saturated carbocycles. The number of ether oxygens (including phenoxy) is 1. The number of H-pyrrole nitrogens is 1. The van der Waals surface area contributed by atoms with Gasteiger partial charge in [-0.25, -0.2) is 17.5 Å². The fourth-order valence-electron chi connectivity index (χ4n) is 3.07. The number of nitrogens with one attached hydrogen (secondary N) is 2. The lowest BCUT2D eigenvalue weighted by Crippen LogP contribution is -2.26. The average molecular weight is 376 g/mol. The molecule has 3 aromatic rings. The first-order chi connectivity index (χ1) is 12.3. The summed E-state index contributed by atoms with van der Waals surface area (Å²) in [4.78, 5) is 3.11. The van der Waals surface area contributed by atoms with Crippen molar-refractivity contribution in [3.63, 3.8) is 0 Å². The smallest absolute Gasteiger partial charge is 0.244 e. The Labute approximate surface area is 152 Å². The van der Waals surface area contributed by atoms with Gasteiger partial charge in [0.1, 0.15) is 16.5 Å². The van der Waals surface area contributed by atoms with Gasteiger partial charge in [0.25, 0.3) is 0 Å². The average Bonchev–Trinajstić information content (AvgIpc) is 2.90. The van der Waals surface area contributed by atoms with E-state index in [4.69, 9.17) is 4.74 Å². The van der Waals surface area contributed by atoms with Gasteiger partial charge in [-0.2, -0.15) is 0 Å². The van der Waals surface area contributed by atoms with E-state index >= 15 is 0 Å². The second-order valence-corrected chi connectivity index (χ2v) is 7.96. The maximum absolute atomic E-state index is 13.5. The molecule has 3 rings (SSSR count). The van der Waals surface area contributed by atoms with Gasteiger partial charge in [-0.1, -0.05) is 11.6 Å². The molecule has 2 aromatic carbocycles. The maximum atomic E-state index is 13.5. The summed E-state index contributed by atoms with van der Waals surface area (Å²) in [6, 6.07) is 9.55. The van der Waals surface area contributed by atoms with Crippen molar-refractivity contribution in [1.29, 1.82) is 0 Å². The van der Waals surface area contributed by atoms with Crippen LogP contribution in [0.3, 0.4) is 0 Å². The van der Waals surface area contributed by atoms with E-state index in [0.717, 1.165) is 39.9 Å². The number of fused-ring (bicyclic) bond motifs is 1. The van der Waals surface area contributed by atoms with Gasteiger partial charge < -0.3 is 9.72 Å². The minimum absolute atomic E-state index is 0.109. The quantitative estimate of drug-likeness (QED) is 0.692. The lowest BCUT2D eigenvalue weighted by atomic mass is 10.1. The molecule has 0 amide bonds. The summed E-state index contributed by atoms with van der Waals surface area (Å²) in [5, 5.41) is 1.09. The van der Waals surface area contributed by atoms with Crippen molar-refractivity contribution in [2.24, 2.45) is 0 Å². The zero-order valence-electron chi connectivity index (χ0n) is 14.9. The molecule has 0 aliphatic heterocycles. The number of halogens is 1. The fraction of sp³-hybridized carbons (Fsp3) is 0.263. The van der Waals surface area contributed by atoms with Crippen molar-refractivity contribution in [3.8, 4) is 5.75 Å². The van der Waals surface area contributed by atoms with Gasteiger partial charge in [0.2, 0.25) is 10.0 Å². The number of rotatable bonds is 6. The standard InChI is InChI=1S/C19H21FN2O3S/c1-12-4-6-17-16(10-12)15(13(2)22-17)8-9-21-26(23,24)19-11-14(20)5-7-18(19)25-3/h4-7,10-11,21-22H,8-9H2,1-3H3. The van der Waals surface area contributed by atoms with Crippen LogP contribution in [0, 0.1) is 19.7 Å². The van der Waals surface area contributed by atoms with E-state index in [1.54, 1.807) is 0 Å². The van der Waals surface area contributed by atoms with Crippen LogP contribution < -0.4 is 9.46 Å². The minimum atomic E-state index is -3.88. The topological polar surface area (TPSA) is 71.2 Å². The van der Waals surface area contributed by atoms with Crippen LogP contribution in [0.15, 0.2) is 41.3 Å². The molecule has 0 bridgehead atoms. The predicted octanol–water partition coefficient (Wildman–Crippen LogP) is 3.45. The Kier molecular flexibility index (Phi) is 5.02. The number of methoxy groups -OCH3 is 1. The summed E-state index contributed by atoms with van der Waals surface area (Å²) in [6.07, 6.45) is 0.520. The summed E-state index contributed by atoms with van der Waals surface area (Å²) in [5.74, 6) is -0.521. The van der Waals surface area contributed by atoms with E-state index in [-0.39, 0.29) is 17.2 Å². The second kappa shape index (κ2) is 7.09. The lowest BCUT2D eigenvalue weighted by Gasteiger charge is -2.11. The van der Waals surface area contributed by atoms with E-state index in [1.165, 1.54) is 13.2 Å². The first-order valence-corrected chi connectivity index (χ1v) is 9.71. The Morgan fingerprint density at radius 2 is 1.92 bits per heavy atom. The number of hydrogen-bond donors (Lipinski definition) is 2. The molecule has 0 atom stereocenters. The van der Waals surface area contributed by atoms with Gasteiger partial charge in [-0.15, -0.1) is 0 Å². The molecule has 0 radical (unpaired) electrons. The number of sulfonamides is 1. The van der Waals surface area contributed by atoms with Gasteiger partial charge in [-0.3, -0.25) is 0 Å². The van der Waals surface area contributed by atoms with Crippen molar-refractivity contribution in [3.05, 3.63) is 59.0 Å².